The number of aryl methyl sites for hydroxylation is 1. The van der Waals surface area contributed by atoms with E-state index in [1.807, 2.05) is 20.2 Å². The second-order valence-electron chi connectivity index (χ2n) is 6.19. The third kappa shape index (κ3) is 1.81. The highest BCUT2D eigenvalue weighted by Gasteiger charge is 2.47. The Morgan fingerprint density at radius 1 is 1.48 bits per heavy atom. The standard InChI is InChI=1S/C15H15FN6O/c1-15(8-5-19-21(2)7-8)4-9(14(17)23)10-6-18-12-3-11(16)20-22(12)13(10)15/h3,5-7,9H,4H2,1-2H3,(H2,17,23). The van der Waals surface area contributed by atoms with Crippen molar-refractivity contribution in [1.29, 1.82) is 0 Å². The van der Waals surface area contributed by atoms with Crippen molar-refractivity contribution >= 4 is 11.6 Å². The summed E-state index contributed by atoms with van der Waals surface area (Å²) in [6.07, 6.45) is 5.72. The van der Waals surface area contributed by atoms with E-state index in [2.05, 4.69) is 15.2 Å². The van der Waals surface area contributed by atoms with E-state index in [0.717, 1.165) is 11.3 Å². The van der Waals surface area contributed by atoms with Crippen molar-refractivity contribution in [3.8, 4) is 0 Å². The molecule has 1 aliphatic rings. The number of nitrogens with two attached hydrogens (primary N) is 1. The summed E-state index contributed by atoms with van der Waals surface area (Å²) in [4.78, 5) is 16.1. The number of primary amides is 1. The van der Waals surface area contributed by atoms with Crippen LogP contribution >= 0.6 is 0 Å². The van der Waals surface area contributed by atoms with Crippen molar-refractivity contribution in [3.05, 3.63) is 47.4 Å². The molecule has 118 valence electrons. The van der Waals surface area contributed by atoms with Crippen LogP contribution in [0, 0.1) is 5.95 Å². The lowest BCUT2D eigenvalue weighted by Crippen LogP contribution is -2.25. The number of carbonyl (C=O) groups excluding carboxylic acids is 1. The van der Waals surface area contributed by atoms with Gasteiger partial charge in [-0.15, -0.1) is 5.10 Å². The van der Waals surface area contributed by atoms with E-state index in [1.165, 1.54) is 10.6 Å². The fraction of sp³-hybridized carbons (Fsp3) is 0.333. The summed E-state index contributed by atoms with van der Waals surface area (Å²) in [5.74, 6) is -1.52. The van der Waals surface area contributed by atoms with E-state index in [9.17, 15) is 9.18 Å². The van der Waals surface area contributed by atoms with Crippen LogP contribution in [0.2, 0.25) is 0 Å². The maximum Gasteiger partial charge on any atom is 0.235 e. The predicted octanol–water partition coefficient (Wildman–Crippen LogP) is 0.880. The highest BCUT2D eigenvalue weighted by atomic mass is 19.1. The summed E-state index contributed by atoms with van der Waals surface area (Å²) in [6.45, 7) is 1.99. The molecule has 1 amide bonds. The average Bonchev–Trinajstić information content (AvgIpc) is 3.14. The number of nitrogens with zero attached hydrogens (tertiary/aromatic N) is 5. The molecule has 2 atom stereocenters. The van der Waals surface area contributed by atoms with Gasteiger partial charge in [0, 0.05) is 42.0 Å². The molecule has 0 saturated heterocycles. The number of amides is 1. The van der Waals surface area contributed by atoms with Crippen LogP contribution < -0.4 is 5.73 Å². The molecule has 0 aliphatic heterocycles. The molecular formula is C15H15FN6O. The average molecular weight is 314 g/mol. The minimum absolute atomic E-state index is 0.404. The summed E-state index contributed by atoms with van der Waals surface area (Å²) >= 11 is 0. The predicted molar refractivity (Wildman–Crippen MR) is 79.2 cm³/mol. The van der Waals surface area contributed by atoms with Gasteiger partial charge in [0.05, 0.1) is 17.8 Å². The Morgan fingerprint density at radius 2 is 2.26 bits per heavy atom. The molecule has 4 rings (SSSR count). The molecule has 23 heavy (non-hydrogen) atoms. The van der Waals surface area contributed by atoms with Gasteiger partial charge in [-0.3, -0.25) is 9.48 Å². The quantitative estimate of drug-likeness (QED) is 0.760. The van der Waals surface area contributed by atoms with Crippen LogP contribution in [0.5, 0.6) is 0 Å². The van der Waals surface area contributed by atoms with Crippen LogP contribution in [0.4, 0.5) is 4.39 Å². The number of halogens is 1. The second kappa shape index (κ2) is 4.37. The molecule has 7 nitrogen and oxygen atoms in total. The van der Waals surface area contributed by atoms with Gasteiger partial charge in [0.15, 0.2) is 5.65 Å². The first-order valence-electron chi connectivity index (χ1n) is 7.23. The smallest absolute Gasteiger partial charge is 0.235 e. The van der Waals surface area contributed by atoms with Gasteiger partial charge in [-0.25, -0.2) is 9.50 Å². The van der Waals surface area contributed by atoms with Gasteiger partial charge in [-0.05, 0) is 13.3 Å². The number of aromatic nitrogens is 5. The molecule has 0 spiro atoms. The monoisotopic (exact) mass is 314 g/mol. The Kier molecular flexibility index (Phi) is 2.64. The molecule has 3 heterocycles. The molecule has 0 bridgehead atoms. The molecular weight excluding hydrogens is 299 g/mol. The van der Waals surface area contributed by atoms with Crippen LogP contribution in [-0.4, -0.2) is 30.3 Å². The Bertz CT molecular complexity index is 945. The molecule has 8 heteroatoms. The lowest BCUT2D eigenvalue weighted by molar-refractivity contribution is -0.119. The number of hydrogen-bond acceptors (Lipinski definition) is 4. The Labute approximate surface area is 130 Å². The molecule has 0 radical (unpaired) electrons. The number of rotatable bonds is 2. The van der Waals surface area contributed by atoms with Crippen LogP contribution in [0.1, 0.15) is 36.1 Å². The van der Waals surface area contributed by atoms with Crippen LogP contribution in [0.3, 0.4) is 0 Å². The number of hydrogen-bond donors (Lipinski definition) is 1. The van der Waals surface area contributed by atoms with Crippen molar-refractivity contribution in [3.63, 3.8) is 0 Å². The first kappa shape index (κ1) is 13.9. The van der Waals surface area contributed by atoms with E-state index in [4.69, 9.17) is 5.73 Å². The van der Waals surface area contributed by atoms with E-state index in [0.29, 0.717) is 17.6 Å². The SMILES string of the molecule is Cn1cc(C2(C)CC(C(N)=O)c3cnc4cc(F)nn4c32)cn1. The fourth-order valence-corrected chi connectivity index (χ4v) is 3.56. The van der Waals surface area contributed by atoms with Gasteiger partial charge < -0.3 is 5.73 Å². The lowest BCUT2D eigenvalue weighted by Gasteiger charge is -2.24. The van der Waals surface area contributed by atoms with Gasteiger partial charge in [0.25, 0.3) is 0 Å². The third-order valence-electron chi connectivity index (χ3n) is 4.68. The number of carbonyl (C=O) groups is 1. The second-order valence-corrected chi connectivity index (χ2v) is 6.19. The largest absolute Gasteiger partial charge is 0.369 e. The zero-order chi connectivity index (χ0) is 16.4. The topological polar surface area (TPSA) is 91.1 Å². The molecule has 3 aromatic heterocycles. The molecule has 3 aromatic rings. The maximum absolute atomic E-state index is 13.6. The lowest BCUT2D eigenvalue weighted by atomic mass is 9.80. The molecule has 2 unspecified atom stereocenters. The highest BCUT2D eigenvalue weighted by molar-refractivity contribution is 5.84. The van der Waals surface area contributed by atoms with Crippen molar-refractivity contribution in [2.45, 2.75) is 24.7 Å². The molecule has 0 aromatic carbocycles. The van der Waals surface area contributed by atoms with Crippen molar-refractivity contribution in [2.24, 2.45) is 12.8 Å². The first-order chi connectivity index (χ1) is 10.9. The minimum atomic E-state index is -0.609. The minimum Gasteiger partial charge on any atom is -0.369 e. The summed E-state index contributed by atoms with van der Waals surface area (Å²) in [6, 6.07) is 1.27. The highest BCUT2D eigenvalue weighted by Crippen LogP contribution is 2.49. The third-order valence-corrected chi connectivity index (χ3v) is 4.68. The van der Waals surface area contributed by atoms with Gasteiger partial charge in [-0.2, -0.15) is 9.49 Å². The van der Waals surface area contributed by atoms with E-state index >= 15 is 0 Å². The van der Waals surface area contributed by atoms with Crippen molar-refractivity contribution < 1.29 is 9.18 Å². The fourth-order valence-electron chi connectivity index (χ4n) is 3.56. The molecule has 1 aliphatic carbocycles. The van der Waals surface area contributed by atoms with Gasteiger partial charge in [0.2, 0.25) is 11.9 Å². The summed E-state index contributed by atoms with van der Waals surface area (Å²) in [5.41, 5.74) is 7.78. The van der Waals surface area contributed by atoms with Crippen molar-refractivity contribution in [1.82, 2.24) is 24.4 Å². The van der Waals surface area contributed by atoms with E-state index in [-0.39, 0.29) is 0 Å². The summed E-state index contributed by atoms with van der Waals surface area (Å²) in [7, 11) is 1.82. The van der Waals surface area contributed by atoms with Gasteiger partial charge in [0.1, 0.15) is 0 Å². The van der Waals surface area contributed by atoms with Gasteiger partial charge in [-0.1, -0.05) is 0 Å². The van der Waals surface area contributed by atoms with E-state index < -0.39 is 23.2 Å². The Balaban J connectivity index is 2.05. The Morgan fingerprint density at radius 3 is 2.91 bits per heavy atom. The zero-order valence-corrected chi connectivity index (χ0v) is 12.7. The maximum atomic E-state index is 13.6. The van der Waals surface area contributed by atoms with Crippen LogP contribution in [0.15, 0.2) is 24.7 Å². The molecule has 2 N–H and O–H groups in total. The summed E-state index contributed by atoms with van der Waals surface area (Å²) < 4.78 is 16.8. The van der Waals surface area contributed by atoms with Crippen molar-refractivity contribution in [2.75, 3.05) is 0 Å². The van der Waals surface area contributed by atoms with Gasteiger partial charge >= 0.3 is 0 Å². The normalized spacial score (nSPS) is 23.3. The Hall–Kier alpha value is -2.77. The zero-order valence-electron chi connectivity index (χ0n) is 12.7. The van der Waals surface area contributed by atoms with Crippen LogP contribution in [-0.2, 0) is 17.3 Å². The van der Waals surface area contributed by atoms with Crippen LogP contribution in [0.25, 0.3) is 5.65 Å². The molecule has 0 saturated carbocycles. The summed E-state index contributed by atoms with van der Waals surface area (Å²) in [5, 5.41) is 8.13. The van der Waals surface area contributed by atoms with E-state index in [1.54, 1.807) is 17.1 Å². The first-order valence-corrected chi connectivity index (χ1v) is 7.23. The number of fused-ring (bicyclic) bond motifs is 3. The molecule has 0 fully saturated rings.